The fourth-order valence-electron chi connectivity index (χ4n) is 3.50. The molecule has 2 aromatic heterocycles. The molecule has 0 saturated carbocycles. The maximum Gasteiger partial charge on any atom is 0.256 e. The fourth-order valence-corrected chi connectivity index (χ4v) is 3.50. The average Bonchev–Trinajstić information content (AvgIpc) is 3.17. The van der Waals surface area contributed by atoms with E-state index in [-0.39, 0.29) is 11.9 Å². The highest BCUT2D eigenvalue weighted by atomic mass is 16.5. The lowest BCUT2D eigenvalue weighted by Crippen LogP contribution is -2.30. The van der Waals surface area contributed by atoms with Crippen LogP contribution in [0.25, 0.3) is 0 Å². The number of aryl methyl sites for hydroxylation is 2. The summed E-state index contributed by atoms with van der Waals surface area (Å²) in [6, 6.07) is 3.95. The second-order valence-electron chi connectivity index (χ2n) is 6.06. The minimum atomic E-state index is 0.0124. The highest BCUT2D eigenvalue weighted by Crippen LogP contribution is 2.34. The maximum absolute atomic E-state index is 13.0. The third kappa shape index (κ3) is 2.34. The summed E-state index contributed by atoms with van der Waals surface area (Å²) in [6.07, 6.45) is 1.94. The van der Waals surface area contributed by atoms with Crippen LogP contribution in [0.4, 0.5) is 0 Å². The number of carbonyl (C=O) groups excluding carboxylic acids is 1. The van der Waals surface area contributed by atoms with E-state index in [9.17, 15) is 4.79 Å². The summed E-state index contributed by atoms with van der Waals surface area (Å²) in [5.41, 5.74) is 3.85. The zero-order chi connectivity index (χ0) is 15.9. The predicted octanol–water partition coefficient (Wildman–Crippen LogP) is 3.40. The van der Waals surface area contributed by atoms with Gasteiger partial charge in [0.25, 0.3) is 5.91 Å². The normalized spacial score (nSPS) is 18.2. The largest absolute Gasteiger partial charge is 0.359 e. The number of likely N-dealkylation sites (tertiary alicyclic amines) is 1. The minimum Gasteiger partial charge on any atom is -0.359 e. The zero-order valence-electron chi connectivity index (χ0n) is 13.7. The predicted molar refractivity (Wildman–Crippen MR) is 83.8 cm³/mol. The quantitative estimate of drug-likeness (QED) is 0.873. The monoisotopic (exact) mass is 301 g/mol. The number of hydrogen-bond acceptors (Lipinski definition) is 3. The number of carbonyl (C=O) groups is 1. The Bertz CT molecular complexity index is 699. The summed E-state index contributed by atoms with van der Waals surface area (Å²) in [4.78, 5) is 14.9. The van der Waals surface area contributed by atoms with E-state index in [4.69, 9.17) is 4.52 Å². The number of rotatable bonds is 3. The summed E-state index contributed by atoms with van der Waals surface area (Å²) in [6.45, 7) is 9.74. The van der Waals surface area contributed by atoms with Crippen molar-refractivity contribution in [2.45, 2.75) is 53.1 Å². The number of amides is 1. The van der Waals surface area contributed by atoms with Gasteiger partial charge in [-0.3, -0.25) is 4.79 Å². The van der Waals surface area contributed by atoms with E-state index in [1.807, 2.05) is 30.9 Å². The van der Waals surface area contributed by atoms with Crippen LogP contribution in [0.2, 0.25) is 0 Å². The number of nitrogens with zero attached hydrogens (tertiary/aromatic N) is 3. The summed E-state index contributed by atoms with van der Waals surface area (Å²) in [5.74, 6) is 0.900. The summed E-state index contributed by atoms with van der Waals surface area (Å²) >= 11 is 0. The molecule has 22 heavy (non-hydrogen) atoms. The molecule has 2 aromatic rings. The molecule has 0 aromatic carbocycles. The first kappa shape index (κ1) is 14.9. The second kappa shape index (κ2) is 5.63. The molecule has 5 heteroatoms. The molecule has 0 aliphatic carbocycles. The molecule has 0 N–H and O–H groups in total. The van der Waals surface area contributed by atoms with Crippen LogP contribution in [-0.2, 0) is 6.54 Å². The first-order valence-corrected chi connectivity index (χ1v) is 7.93. The highest BCUT2D eigenvalue weighted by Gasteiger charge is 2.34. The van der Waals surface area contributed by atoms with Gasteiger partial charge in [-0.15, -0.1) is 0 Å². The summed E-state index contributed by atoms with van der Waals surface area (Å²) in [7, 11) is 0. The molecule has 3 heterocycles. The van der Waals surface area contributed by atoms with Crippen LogP contribution in [0.15, 0.2) is 16.7 Å². The fraction of sp³-hybridized carbons (Fsp3) is 0.529. The van der Waals surface area contributed by atoms with Crippen molar-refractivity contribution in [3.05, 3.63) is 40.5 Å². The van der Waals surface area contributed by atoms with E-state index < -0.39 is 0 Å². The third-order valence-electron chi connectivity index (χ3n) is 4.61. The average molecular weight is 301 g/mol. The van der Waals surface area contributed by atoms with Gasteiger partial charge in [0.2, 0.25) is 0 Å². The first-order valence-electron chi connectivity index (χ1n) is 7.93. The van der Waals surface area contributed by atoms with Gasteiger partial charge in [0, 0.05) is 30.5 Å². The molecule has 3 rings (SSSR count). The van der Waals surface area contributed by atoms with Gasteiger partial charge < -0.3 is 14.0 Å². The molecule has 5 nitrogen and oxygen atoms in total. The first-order chi connectivity index (χ1) is 10.5. The van der Waals surface area contributed by atoms with Crippen molar-refractivity contribution in [2.24, 2.45) is 0 Å². The number of hydrogen-bond donors (Lipinski definition) is 0. The Morgan fingerprint density at radius 1 is 1.36 bits per heavy atom. The molecule has 1 atom stereocenters. The molecule has 1 aliphatic rings. The Morgan fingerprint density at radius 2 is 2.14 bits per heavy atom. The van der Waals surface area contributed by atoms with Gasteiger partial charge in [0.1, 0.15) is 0 Å². The van der Waals surface area contributed by atoms with Crippen LogP contribution in [0.3, 0.4) is 0 Å². The van der Waals surface area contributed by atoms with Gasteiger partial charge in [-0.25, -0.2) is 0 Å². The van der Waals surface area contributed by atoms with Crippen LogP contribution >= 0.6 is 0 Å². The van der Waals surface area contributed by atoms with Gasteiger partial charge in [0.05, 0.1) is 17.3 Å². The van der Waals surface area contributed by atoms with Crippen molar-refractivity contribution in [2.75, 3.05) is 6.54 Å². The van der Waals surface area contributed by atoms with Crippen LogP contribution in [0, 0.1) is 20.8 Å². The molecule has 118 valence electrons. The van der Waals surface area contributed by atoms with E-state index in [0.717, 1.165) is 54.3 Å². The SMILES string of the molecule is CCn1c(C)cc(C(=O)N2CCC[C@@H]2c2cc(C)no2)c1C. The molecular weight excluding hydrogens is 278 g/mol. The topological polar surface area (TPSA) is 51.3 Å². The molecule has 0 bridgehead atoms. The second-order valence-corrected chi connectivity index (χ2v) is 6.06. The van der Waals surface area contributed by atoms with E-state index >= 15 is 0 Å². The third-order valence-corrected chi connectivity index (χ3v) is 4.61. The van der Waals surface area contributed by atoms with Crippen molar-refractivity contribution in [1.82, 2.24) is 14.6 Å². The van der Waals surface area contributed by atoms with Gasteiger partial charge in [-0.2, -0.15) is 0 Å². The number of aromatic nitrogens is 2. The van der Waals surface area contributed by atoms with Gasteiger partial charge in [-0.1, -0.05) is 5.16 Å². The standard InChI is InChI=1S/C17H23N3O2/c1-5-19-12(3)10-14(13(19)4)17(21)20-8-6-7-15(20)16-9-11(2)18-22-16/h9-10,15H,5-8H2,1-4H3/t15-/m1/s1. The lowest BCUT2D eigenvalue weighted by atomic mass is 10.1. The Hall–Kier alpha value is -2.04. The molecule has 1 saturated heterocycles. The molecule has 0 unspecified atom stereocenters. The molecule has 1 amide bonds. The maximum atomic E-state index is 13.0. The van der Waals surface area contributed by atoms with Crippen LogP contribution in [0.1, 0.15) is 59.0 Å². The Kier molecular flexibility index (Phi) is 3.81. The molecule has 0 spiro atoms. The van der Waals surface area contributed by atoms with Gasteiger partial charge in [0.15, 0.2) is 5.76 Å². The Morgan fingerprint density at radius 3 is 2.73 bits per heavy atom. The van der Waals surface area contributed by atoms with Crippen LogP contribution < -0.4 is 0 Å². The Balaban J connectivity index is 1.91. The lowest BCUT2D eigenvalue weighted by molar-refractivity contribution is 0.0713. The van der Waals surface area contributed by atoms with Crippen LogP contribution in [-0.4, -0.2) is 27.1 Å². The smallest absolute Gasteiger partial charge is 0.256 e. The Labute approximate surface area is 130 Å². The van der Waals surface area contributed by atoms with Crippen molar-refractivity contribution in [1.29, 1.82) is 0 Å². The molecule has 0 radical (unpaired) electrons. The van der Waals surface area contributed by atoms with E-state index in [0.29, 0.717) is 0 Å². The zero-order valence-corrected chi connectivity index (χ0v) is 13.7. The van der Waals surface area contributed by atoms with E-state index in [1.165, 1.54) is 0 Å². The van der Waals surface area contributed by atoms with Crippen molar-refractivity contribution in [3.63, 3.8) is 0 Å². The van der Waals surface area contributed by atoms with Gasteiger partial charge >= 0.3 is 0 Å². The molecular formula is C17H23N3O2. The minimum absolute atomic E-state index is 0.0124. The van der Waals surface area contributed by atoms with Crippen molar-refractivity contribution >= 4 is 5.91 Å². The highest BCUT2D eigenvalue weighted by molar-refractivity contribution is 5.96. The molecule has 1 aliphatic heterocycles. The van der Waals surface area contributed by atoms with Gasteiger partial charge in [-0.05, 0) is 46.6 Å². The summed E-state index contributed by atoms with van der Waals surface area (Å²) < 4.78 is 7.57. The lowest BCUT2D eigenvalue weighted by Gasteiger charge is -2.22. The van der Waals surface area contributed by atoms with Crippen molar-refractivity contribution in [3.8, 4) is 0 Å². The van der Waals surface area contributed by atoms with E-state index in [2.05, 4.69) is 23.6 Å². The summed E-state index contributed by atoms with van der Waals surface area (Å²) in [5, 5.41) is 3.96. The van der Waals surface area contributed by atoms with E-state index in [1.54, 1.807) is 0 Å². The molecule has 1 fully saturated rings. The van der Waals surface area contributed by atoms with Crippen molar-refractivity contribution < 1.29 is 9.32 Å². The van der Waals surface area contributed by atoms with Crippen LogP contribution in [0.5, 0.6) is 0 Å².